The molecule has 0 saturated heterocycles. The Labute approximate surface area is 139 Å². The van der Waals surface area contributed by atoms with Crippen LogP contribution in [0.4, 0.5) is 5.69 Å². The summed E-state index contributed by atoms with van der Waals surface area (Å²) in [6.07, 6.45) is 1.37. The molecule has 7 nitrogen and oxygen atoms in total. The number of nitrogens with one attached hydrogen (secondary N) is 2. The molecule has 24 heavy (non-hydrogen) atoms. The second-order valence-corrected chi connectivity index (χ2v) is 5.22. The van der Waals surface area contributed by atoms with Gasteiger partial charge in [0.2, 0.25) is 0 Å². The summed E-state index contributed by atoms with van der Waals surface area (Å²) in [6.45, 7) is 0.151. The predicted octanol–water partition coefficient (Wildman–Crippen LogP) is 1.08. The Morgan fingerprint density at radius 1 is 1.25 bits per heavy atom. The number of carbonyl (C=O) groups is 2. The van der Waals surface area contributed by atoms with Crippen molar-refractivity contribution in [3.8, 4) is 6.07 Å². The number of hydrogen-bond acceptors (Lipinski definition) is 4. The Bertz CT molecular complexity index is 776. The third kappa shape index (κ3) is 4.21. The van der Waals surface area contributed by atoms with Gasteiger partial charge in [-0.05, 0) is 30.7 Å². The summed E-state index contributed by atoms with van der Waals surface area (Å²) in [4.78, 5) is 23.6. The van der Waals surface area contributed by atoms with Crippen molar-refractivity contribution in [2.24, 2.45) is 7.05 Å². The highest BCUT2D eigenvalue weighted by Gasteiger charge is 2.16. The van der Waals surface area contributed by atoms with Crippen molar-refractivity contribution in [1.29, 1.82) is 5.26 Å². The molecule has 2 amide bonds. The van der Waals surface area contributed by atoms with Gasteiger partial charge in [0.25, 0.3) is 0 Å². The molecular weight excluding hydrogens is 308 g/mol. The molecule has 0 saturated carbocycles. The Morgan fingerprint density at radius 3 is 2.67 bits per heavy atom. The minimum atomic E-state index is -0.856. The number of amides is 2. The number of aromatic nitrogens is 1. The lowest BCUT2D eigenvalue weighted by Gasteiger charge is -2.12. The molecule has 2 rings (SSSR count). The van der Waals surface area contributed by atoms with Crippen molar-refractivity contribution in [1.82, 2.24) is 9.88 Å². The standard InChI is InChI=1S/C17H18N4O3/c1-21-10-4-7-14(21)15(22)8-9-19-16(23)17(24)20-13-6-3-2-5-12(13)11-18/h2-7,10,15,22H,8-9H2,1H3,(H,19,23)(H,20,24). The lowest BCUT2D eigenvalue weighted by molar-refractivity contribution is -0.136. The number of aliphatic hydroxyl groups is 1. The number of aryl methyl sites for hydroxylation is 1. The second kappa shape index (κ2) is 7.94. The summed E-state index contributed by atoms with van der Waals surface area (Å²) in [5.74, 6) is -1.67. The summed E-state index contributed by atoms with van der Waals surface area (Å²) in [7, 11) is 1.82. The smallest absolute Gasteiger partial charge is 0.313 e. The van der Waals surface area contributed by atoms with Crippen LogP contribution < -0.4 is 10.6 Å². The predicted molar refractivity (Wildman–Crippen MR) is 87.8 cm³/mol. The SMILES string of the molecule is Cn1cccc1C(O)CCNC(=O)C(=O)Nc1ccccc1C#N. The highest BCUT2D eigenvalue weighted by molar-refractivity contribution is 6.39. The van der Waals surface area contributed by atoms with Crippen molar-refractivity contribution < 1.29 is 14.7 Å². The molecule has 0 aliphatic heterocycles. The third-order valence-electron chi connectivity index (χ3n) is 3.53. The summed E-state index contributed by atoms with van der Waals surface area (Å²) in [5, 5.41) is 23.8. The van der Waals surface area contributed by atoms with Crippen molar-refractivity contribution in [2.75, 3.05) is 11.9 Å². The Kier molecular flexibility index (Phi) is 5.71. The summed E-state index contributed by atoms with van der Waals surface area (Å²) >= 11 is 0. The molecule has 0 fully saturated rings. The molecule has 1 aromatic heterocycles. The zero-order valence-electron chi connectivity index (χ0n) is 13.2. The fraction of sp³-hybridized carbons (Fsp3) is 0.235. The van der Waals surface area contributed by atoms with E-state index in [1.165, 1.54) is 0 Å². The number of nitrogens with zero attached hydrogens (tertiary/aromatic N) is 2. The fourth-order valence-electron chi connectivity index (χ4n) is 2.24. The van der Waals surface area contributed by atoms with E-state index in [1.54, 1.807) is 34.9 Å². The van der Waals surface area contributed by atoms with Crippen LogP contribution >= 0.6 is 0 Å². The summed E-state index contributed by atoms with van der Waals surface area (Å²) in [6, 6.07) is 12.0. The van der Waals surface area contributed by atoms with Gasteiger partial charge < -0.3 is 20.3 Å². The average molecular weight is 326 g/mol. The second-order valence-electron chi connectivity index (χ2n) is 5.22. The lowest BCUT2D eigenvalue weighted by Crippen LogP contribution is -2.36. The van der Waals surface area contributed by atoms with E-state index in [-0.39, 0.29) is 24.2 Å². The fourth-order valence-corrected chi connectivity index (χ4v) is 2.24. The normalized spacial score (nSPS) is 11.4. The van der Waals surface area contributed by atoms with E-state index in [0.717, 1.165) is 5.69 Å². The van der Waals surface area contributed by atoms with E-state index in [4.69, 9.17) is 5.26 Å². The minimum absolute atomic E-state index is 0.151. The Balaban J connectivity index is 1.83. The Hall–Kier alpha value is -3.11. The zero-order valence-corrected chi connectivity index (χ0v) is 13.2. The van der Waals surface area contributed by atoms with Crippen LogP contribution in [0.25, 0.3) is 0 Å². The summed E-state index contributed by atoms with van der Waals surface area (Å²) in [5.41, 5.74) is 1.29. The van der Waals surface area contributed by atoms with Gasteiger partial charge in [0.15, 0.2) is 0 Å². The van der Waals surface area contributed by atoms with Gasteiger partial charge in [-0.1, -0.05) is 12.1 Å². The van der Waals surface area contributed by atoms with Crippen molar-refractivity contribution in [3.05, 3.63) is 53.9 Å². The maximum absolute atomic E-state index is 11.8. The topological polar surface area (TPSA) is 107 Å². The average Bonchev–Trinajstić information content (AvgIpc) is 3.01. The molecule has 0 aliphatic carbocycles. The zero-order chi connectivity index (χ0) is 17.5. The maximum atomic E-state index is 11.8. The van der Waals surface area contributed by atoms with Crippen LogP contribution in [0.1, 0.15) is 23.8 Å². The van der Waals surface area contributed by atoms with Gasteiger partial charge in [-0.2, -0.15) is 5.26 Å². The van der Waals surface area contributed by atoms with E-state index in [2.05, 4.69) is 10.6 Å². The number of anilines is 1. The van der Waals surface area contributed by atoms with Crippen LogP contribution in [0.2, 0.25) is 0 Å². The molecule has 124 valence electrons. The first-order valence-corrected chi connectivity index (χ1v) is 7.40. The number of aliphatic hydroxyl groups excluding tert-OH is 1. The highest BCUT2D eigenvalue weighted by atomic mass is 16.3. The molecular formula is C17H18N4O3. The van der Waals surface area contributed by atoms with Gasteiger partial charge in [-0.3, -0.25) is 9.59 Å². The first-order chi connectivity index (χ1) is 11.5. The lowest BCUT2D eigenvalue weighted by atomic mass is 10.2. The van der Waals surface area contributed by atoms with Gasteiger partial charge >= 0.3 is 11.8 Å². The number of rotatable bonds is 5. The first kappa shape index (κ1) is 17.2. The molecule has 0 radical (unpaired) electrons. The van der Waals surface area contributed by atoms with E-state index in [0.29, 0.717) is 0 Å². The minimum Gasteiger partial charge on any atom is -0.387 e. The number of nitriles is 1. The van der Waals surface area contributed by atoms with Crippen LogP contribution in [0.15, 0.2) is 42.6 Å². The van der Waals surface area contributed by atoms with Gasteiger partial charge in [-0.25, -0.2) is 0 Å². The van der Waals surface area contributed by atoms with Crippen molar-refractivity contribution in [2.45, 2.75) is 12.5 Å². The van der Waals surface area contributed by atoms with Crippen molar-refractivity contribution >= 4 is 17.5 Å². The Morgan fingerprint density at radius 2 is 2.00 bits per heavy atom. The van der Waals surface area contributed by atoms with E-state index < -0.39 is 17.9 Å². The first-order valence-electron chi connectivity index (χ1n) is 7.40. The largest absolute Gasteiger partial charge is 0.387 e. The molecule has 0 aliphatic rings. The van der Waals surface area contributed by atoms with E-state index in [9.17, 15) is 14.7 Å². The quantitative estimate of drug-likeness (QED) is 0.714. The highest BCUT2D eigenvalue weighted by Crippen LogP contribution is 2.15. The number of benzene rings is 1. The van der Waals surface area contributed by atoms with Crippen LogP contribution in [0, 0.1) is 11.3 Å². The molecule has 7 heteroatoms. The maximum Gasteiger partial charge on any atom is 0.313 e. The summed E-state index contributed by atoms with van der Waals surface area (Å²) < 4.78 is 1.79. The third-order valence-corrected chi connectivity index (χ3v) is 3.53. The van der Waals surface area contributed by atoms with Crippen molar-refractivity contribution in [3.63, 3.8) is 0 Å². The van der Waals surface area contributed by atoms with Gasteiger partial charge in [-0.15, -0.1) is 0 Å². The van der Waals surface area contributed by atoms with Crippen LogP contribution in [-0.2, 0) is 16.6 Å². The van der Waals surface area contributed by atoms with Gasteiger partial charge in [0, 0.05) is 25.5 Å². The number of hydrogen-bond donors (Lipinski definition) is 3. The molecule has 2 aromatic rings. The van der Waals surface area contributed by atoms with E-state index >= 15 is 0 Å². The van der Waals surface area contributed by atoms with Gasteiger partial charge in [0.05, 0.1) is 17.4 Å². The molecule has 3 N–H and O–H groups in total. The number of carbonyl (C=O) groups excluding carboxylic acids is 2. The molecule has 1 unspecified atom stereocenters. The monoisotopic (exact) mass is 326 g/mol. The van der Waals surface area contributed by atoms with Gasteiger partial charge in [0.1, 0.15) is 6.07 Å². The molecule has 0 bridgehead atoms. The van der Waals surface area contributed by atoms with Crippen LogP contribution in [0.3, 0.4) is 0 Å². The number of para-hydroxylation sites is 1. The van der Waals surface area contributed by atoms with Crippen LogP contribution in [-0.4, -0.2) is 28.0 Å². The molecule has 1 atom stereocenters. The molecule has 0 spiro atoms. The van der Waals surface area contributed by atoms with E-state index in [1.807, 2.05) is 25.4 Å². The molecule has 1 aromatic carbocycles. The molecule has 1 heterocycles. The van der Waals surface area contributed by atoms with Crippen LogP contribution in [0.5, 0.6) is 0 Å².